The summed E-state index contributed by atoms with van der Waals surface area (Å²) in [5, 5.41) is 9.78. The Morgan fingerprint density at radius 1 is 1.37 bits per heavy atom. The molecular formula is C27H42N2O6. The summed E-state index contributed by atoms with van der Waals surface area (Å²) in [5.74, 6) is -2.66. The molecule has 3 aliphatic rings. The van der Waals surface area contributed by atoms with Crippen LogP contribution in [0.2, 0.25) is 0 Å². The lowest BCUT2D eigenvalue weighted by Gasteiger charge is -2.39. The molecule has 4 unspecified atom stereocenters. The zero-order chi connectivity index (χ0) is 26.0. The van der Waals surface area contributed by atoms with E-state index in [0.717, 1.165) is 19.3 Å². The Kier molecular flexibility index (Phi) is 8.48. The Bertz CT molecular complexity index is 846. The van der Waals surface area contributed by atoms with Crippen molar-refractivity contribution in [3.05, 3.63) is 25.3 Å². The van der Waals surface area contributed by atoms with Crippen LogP contribution in [0.3, 0.4) is 0 Å². The topological polar surface area (TPSA) is 96.4 Å². The molecule has 0 aromatic rings. The van der Waals surface area contributed by atoms with Crippen molar-refractivity contribution in [2.45, 2.75) is 83.1 Å². The first kappa shape index (κ1) is 27.4. The third-order valence-corrected chi connectivity index (χ3v) is 8.29. The number of unbranched alkanes of at least 4 members (excludes halogenated alkanes) is 1. The highest BCUT2D eigenvalue weighted by Gasteiger charge is 2.80. The molecule has 8 heteroatoms. The van der Waals surface area contributed by atoms with Gasteiger partial charge in [-0.1, -0.05) is 32.4 Å². The third-order valence-electron chi connectivity index (χ3n) is 8.29. The summed E-state index contributed by atoms with van der Waals surface area (Å²) >= 11 is 0. The summed E-state index contributed by atoms with van der Waals surface area (Å²) in [4.78, 5) is 44.5. The second-order valence-electron chi connectivity index (χ2n) is 10.5. The van der Waals surface area contributed by atoms with Gasteiger partial charge in [-0.05, 0) is 45.4 Å². The van der Waals surface area contributed by atoms with Crippen molar-refractivity contribution in [2.24, 2.45) is 17.8 Å². The molecule has 2 bridgehead atoms. The second-order valence-corrected chi connectivity index (χ2v) is 10.5. The normalized spacial score (nSPS) is 34.0. The lowest BCUT2D eigenvalue weighted by atomic mass is 9.62. The highest BCUT2D eigenvalue weighted by Crippen LogP contribution is 2.65. The highest BCUT2D eigenvalue weighted by atomic mass is 16.6. The van der Waals surface area contributed by atoms with Gasteiger partial charge in [0.2, 0.25) is 11.8 Å². The molecule has 3 fully saturated rings. The lowest BCUT2D eigenvalue weighted by molar-refractivity contribution is -0.162. The summed E-state index contributed by atoms with van der Waals surface area (Å²) in [6.07, 6.45) is 7.05. The van der Waals surface area contributed by atoms with E-state index in [4.69, 9.17) is 9.47 Å². The van der Waals surface area contributed by atoms with Crippen molar-refractivity contribution >= 4 is 17.8 Å². The van der Waals surface area contributed by atoms with Crippen molar-refractivity contribution in [3.63, 3.8) is 0 Å². The number of likely N-dealkylation sites (tertiary alicyclic amines) is 1. The van der Waals surface area contributed by atoms with E-state index in [2.05, 4.69) is 20.1 Å². The van der Waals surface area contributed by atoms with Gasteiger partial charge in [0.05, 0.1) is 24.7 Å². The summed E-state index contributed by atoms with van der Waals surface area (Å²) in [5.41, 5.74) is -2.04. The first-order chi connectivity index (χ1) is 16.6. The fraction of sp³-hybridized carbons (Fsp3) is 0.741. The number of aliphatic hydroxyl groups excluding tert-OH is 1. The van der Waals surface area contributed by atoms with Crippen LogP contribution >= 0.6 is 0 Å². The Morgan fingerprint density at radius 3 is 2.69 bits per heavy atom. The van der Waals surface area contributed by atoms with Crippen LogP contribution in [-0.2, 0) is 23.9 Å². The molecule has 3 heterocycles. The predicted molar refractivity (Wildman–Crippen MR) is 132 cm³/mol. The van der Waals surface area contributed by atoms with Gasteiger partial charge in [0, 0.05) is 19.1 Å². The van der Waals surface area contributed by atoms with Gasteiger partial charge in [-0.25, -0.2) is 0 Å². The number of aliphatic hydroxyl groups is 1. The molecule has 1 spiro atoms. The van der Waals surface area contributed by atoms with Crippen molar-refractivity contribution in [2.75, 3.05) is 26.3 Å². The van der Waals surface area contributed by atoms with Gasteiger partial charge in [-0.2, -0.15) is 0 Å². The number of carbonyl (C=O) groups excluding carboxylic acids is 3. The number of nitrogens with zero attached hydrogens (tertiary/aromatic N) is 2. The molecule has 3 rings (SSSR count). The van der Waals surface area contributed by atoms with Crippen LogP contribution in [0.4, 0.5) is 0 Å². The molecule has 0 aliphatic carbocycles. The number of amides is 2. The van der Waals surface area contributed by atoms with E-state index in [1.54, 1.807) is 17.1 Å². The molecule has 0 radical (unpaired) electrons. The van der Waals surface area contributed by atoms with E-state index in [-0.39, 0.29) is 43.5 Å². The fourth-order valence-corrected chi connectivity index (χ4v) is 6.57. The Hall–Kier alpha value is -2.19. The maximum absolute atomic E-state index is 14.1. The van der Waals surface area contributed by atoms with Crippen LogP contribution in [0.5, 0.6) is 0 Å². The number of β-amino-alcohol motifs (C(OH)–C–C–N with tert-alkyl or cyclic N) is 1. The van der Waals surface area contributed by atoms with Gasteiger partial charge in [-0.15, -0.1) is 13.2 Å². The molecule has 3 saturated heterocycles. The Balaban J connectivity index is 2.02. The highest BCUT2D eigenvalue weighted by molar-refractivity contribution is 5.98. The van der Waals surface area contributed by atoms with Crippen LogP contribution < -0.4 is 0 Å². The van der Waals surface area contributed by atoms with E-state index in [9.17, 15) is 19.5 Å². The van der Waals surface area contributed by atoms with Crippen molar-refractivity contribution in [1.29, 1.82) is 0 Å². The zero-order valence-electron chi connectivity index (χ0n) is 21.7. The number of carbonyl (C=O) groups is 3. The summed E-state index contributed by atoms with van der Waals surface area (Å²) < 4.78 is 12.3. The van der Waals surface area contributed by atoms with Crippen LogP contribution in [0.25, 0.3) is 0 Å². The molecular weight excluding hydrogens is 448 g/mol. The Morgan fingerprint density at radius 2 is 2.09 bits per heavy atom. The van der Waals surface area contributed by atoms with Crippen LogP contribution in [0.1, 0.15) is 59.8 Å². The molecule has 0 saturated carbocycles. The molecule has 1 N–H and O–H groups in total. The molecule has 196 valence electrons. The quantitative estimate of drug-likeness (QED) is 0.242. The number of allylic oxidation sites excluding steroid dienone is 1. The first-order valence-electron chi connectivity index (χ1n) is 12.9. The monoisotopic (exact) mass is 490 g/mol. The molecule has 8 nitrogen and oxygen atoms in total. The van der Waals surface area contributed by atoms with Gasteiger partial charge in [-0.3, -0.25) is 14.4 Å². The van der Waals surface area contributed by atoms with E-state index >= 15 is 0 Å². The standard InChI is InChI=1S/C27H42N2O6/c1-7-10-11-16-34-25(33)21-20-23(31)29(14-15-30)22(27(20)17-18(4)26(21,6)35-27)24(32)28(13-9-3)19(5)12-8-2/h7,9,18-22,30H,1,3,8,10-17H2,2,4-6H3/t18?,19?,20-,21+,22?,26-,27?/m0/s1. The molecule has 3 aliphatic heterocycles. The van der Waals surface area contributed by atoms with E-state index in [1.807, 2.05) is 20.8 Å². The number of esters is 1. The number of hydrogen-bond acceptors (Lipinski definition) is 6. The summed E-state index contributed by atoms with van der Waals surface area (Å²) in [6, 6.07) is -0.960. The minimum absolute atomic E-state index is 0.00708. The van der Waals surface area contributed by atoms with Crippen LogP contribution in [-0.4, -0.2) is 82.3 Å². The summed E-state index contributed by atoms with van der Waals surface area (Å²) in [6.45, 7) is 15.8. The first-order valence-corrected chi connectivity index (χ1v) is 12.9. The minimum atomic E-state index is -1.13. The van der Waals surface area contributed by atoms with Gasteiger partial charge >= 0.3 is 5.97 Å². The molecule has 2 amide bonds. The third kappa shape index (κ3) is 4.44. The average molecular weight is 491 g/mol. The van der Waals surface area contributed by atoms with E-state index in [1.165, 1.54) is 4.90 Å². The van der Waals surface area contributed by atoms with Crippen LogP contribution in [0.15, 0.2) is 25.3 Å². The number of rotatable bonds is 13. The number of fused-ring (bicyclic) bond motifs is 1. The van der Waals surface area contributed by atoms with Crippen LogP contribution in [0, 0.1) is 17.8 Å². The SMILES string of the molecule is C=CCCCOC(=O)[C@H]1[C@H]2C(=O)N(CCO)C(C(=O)N(CC=C)C(C)CCC)C23CC(C)[C@]1(C)O3. The van der Waals surface area contributed by atoms with Crippen molar-refractivity contribution in [3.8, 4) is 0 Å². The number of ether oxygens (including phenoxy) is 2. The lowest BCUT2D eigenvalue weighted by Crippen LogP contribution is -2.58. The largest absolute Gasteiger partial charge is 0.465 e. The smallest absolute Gasteiger partial charge is 0.312 e. The maximum Gasteiger partial charge on any atom is 0.312 e. The molecule has 7 atom stereocenters. The van der Waals surface area contributed by atoms with Gasteiger partial charge in [0.1, 0.15) is 17.6 Å². The molecule has 0 aromatic heterocycles. The van der Waals surface area contributed by atoms with Gasteiger partial charge < -0.3 is 24.4 Å². The molecule has 0 aromatic carbocycles. The molecule has 35 heavy (non-hydrogen) atoms. The zero-order valence-corrected chi connectivity index (χ0v) is 21.7. The Labute approximate surface area is 209 Å². The van der Waals surface area contributed by atoms with Gasteiger partial charge in [0.25, 0.3) is 0 Å². The van der Waals surface area contributed by atoms with Gasteiger partial charge in [0.15, 0.2) is 0 Å². The number of hydrogen-bond donors (Lipinski definition) is 1. The average Bonchev–Trinajstić information content (AvgIpc) is 3.32. The van der Waals surface area contributed by atoms with Crippen molar-refractivity contribution < 1.29 is 29.0 Å². The minimum Gasteiger partial charge on any atom is -0.465 e. The fourth-order valence-electron chi connectivity index (χ4n) is 6.57. The maximum atomic E-state index is 14.1. The van der Waals surface area contributed by atoms with E-state index in [0.29, 0.717) is 19.4 Å². The summed E-state index contributed by atoms with van der Waals surface area (Å²) in [7, 11) is 0. The van der Waals surface area contributed by atoms with Crippen molar-refractivity contribution in [1.82, 2.24) is 9.80 Å². The van der Waals surface area contributed by atoms with E-state index < -0.39 is 35.0 Å². The predicted octanol–water partition coefficient (Wildman–Crippen LogP) is 2.70. The second kappa shape index (κ2) is 10.8.